The van der Waals surface area contributed by atoms with Crippen molar-refractivity contribution in [1.82, 2.24) is 0 Å². The van der Waals surface area contributed by atoms with Gasteiger partial charge in [-0.05, 0) is 85.0 Å². The van der Waals surface area contributed by atoms with E-state index in [9.17, 15) is 15.0 Å². The van der Waals surface area contributed by atoms with Gasteiger partial charge in [0.25, 0.3) is 0 Å². The van der Waals surface area contributed by atoms with Crippen molar-refractivity contribution >= 4 is 5.78 Å². The Bertz CT molecular complexity index is 765. The van der Waals surface area contributed by atoms with Gasteiger partial charge in [0.2, 0.25) is 0 Å². The zero-order valence-electron chi connectivity index (χ0n) is 18.7. The quantitative estimate of drug-likeness (QED) is 0.625. The molecule has 1 aromatic rings. The Balaban J connectivity index is 1.80. The zero-order chi connectivity index (χ0) is 21.3. The van der Waals surface area contributed by atoms with Crippen LogP contribution in [0.5, 0.6) is 5.75 Å². The van der Waals surface area contributed by atoms with Crippen molar-refractivity contribution in [2.24, 2.45) is 35.0 Å². The third kappa shape index (κ3) is 4.45. The van der Waals surface area contributed by atoms with Crippen LogP contribution < -0.4 is 0 Å². The van der Waals surface area contributed by atoms with E-state index in [0.717, 1.165) is 36.8 Å². The number of hydrogen-bond donors (Lipinski definition) is 2. The molecule has 3 nitrogen and oxygen atoms in total. The molecule has 0 spiro atoms. The van der Waals surface area contributed by atoms with Crippen LogP contribution in [0.3, 0.4) is 0 Å². The first-order valence-electron chi connectivity index (χ1n) is 11.3. The SMILES string of the molecule is Cc1ccc(O)cc1CC[C@@H]1C(=O)CC[C@]2(C)[C@@H]([C@H](C)/C=C/C(C)C)[C@@H](O)C[C@@H]12. The molecule has 0 radical (unpaired) electrons. The number of Topliss-reactive ketones (excluding diaryl/α,β-unsaturated/α-hetero) is 1. The molecule has 29 heavy (non-hydrogen) atoms. The van der Waals surface area contributed by atoms with Crippen LogP contribution in [-0.4, -0.2) is 22.1 Å². The molecule has 0 amide bonds. The molecule has 0 aromatic heterocycles. The summed E-state index contributed by atoms with van der Waals surface area (Å²) in [5.74, 6) is 1.93. The van der Waals surface area contributed by atoms with E-state index in [2.05, 4.69) is 46.8 Å². The maximum Gasteiger partial charge on any atom is 0.136 e. The number of hydrogen-bond acceptors (Lipinski definition) is 3. The summed E-state index contributed by atoms with van der Waals surface area (Å²) in [6, 6.07) is 5.48. The standard InChI is InChI=1S/C26H38O3/c1-16(2)6-7-18(4)25-24(29)15-22-21(23(28)12-13-26(22,25)5)11-9-19-14-20(27)10-8-17(19)3/h6-8,10,14,16,18,21-22,24-25,27,29H,9,11-13,15H2,1-5H3/b7-6+/t18-,21+,22+,24+,25+,26+/m1/s1. The van der Waals surface area contributed by atoms with Crippen LogP contribution in [0.25, 0.3) is 0 Å². The summed E-state index contributed by atoms with van der Waals surface area (Å²) in [6.45, 7) is 11.0. The van der Waals surface area contributed by atoms with Gasteiger partial charge in [-0.15, -0.1) is 0 Å². The minimum atomic E-state index is -0.340. The maximum absolute atomic E-state index is 12.9. The Morgan fingerprint density at radius 3 is 2.66 bits per heavy atom. The lowest BCUT2D eigenvalue weighted by molar-refractivity contribution is -0.132. The number of aromatic hydroxyl groups is 1. The normalized spacial score (nSPS) is 33.4. The van der Waals surface area contributed by atoms with Crippen molar-refractivity contribution in [3.8, 4) is 5.75 Å². The Kier molecular flexibility index (Phi) is 6.57. The summed E-state index contributed by atoms with van der Waals surface area (Å²) >= 11 is 0. The molecule has 2 saturated carbocycles. The zero-order valence-corrected chi connectivity index (χ0v) is 18.7. The number of allylic oxidation sites excluding steroid dienone is 2. The second kappa shape index (κ2) is 8.63. The number of phenolic OH excluding ortho intramolecular Hbond substituents is 1. The number of aryl methyl sites for hydroxylation is 2. The maximum atomic E-state index is 12.9. The first kappa shape index (κ1) is 22.1. The summed E-state index contributed by atoms with van der Waals surface area (Å²) in [5, 5.41) is 20.8. The highest BCUT2D eigenvalue weighted by Crippen LogP contribution is 2.59. The molecule has 2 N–H and O–H groups in total. The summed E-state index contributed by atoms with van der Waals surface area (Å²) < 4.78 is 0. The van der Waals surface area contributed by atoms with Gasteiger partial charge in [0, 0.05) is 12.3 Å². The van der Waals surface area contributed by atoms with E-state index in [-0.39, 0.29) is 35.0 Å². The molecule has 160 valence electrons. The number of benzene rings is 1. The minimum Gasteiger partial charge on any atom is -0.508 e. The Morgan fingerprint density at radius 2 is 1.97 bits per heavy atom. The highest BCUT2D eigenvalue weighted by molar-refractivity contribution is 5.82. The predicted octanol–water partition coefficient (Wildman–Crippen LogP) is 5.46. The Morgan fingerprint density at radius 1 is 1.24 bits per heavy atom. The molecule has 0 heterocycles. The Labute approximate surface area is 176 Å². The molecule has 2 aliphatic rings. The predicted molar refractivity (Wildman–Crippen MR) is 118 cm³/mol. The van der Waals surface area contributed by atoms with E-state index < -0.39 is 0 Å². The van der Waals surface area contributed by atoms with E-state index in [1.807, 2.05) is 12.1 Å². The fourth-order valence-corrected chi connectivity index (χ4v) is 6.21. The van der Waals surface area contributed by atoms with Crippen LogP contribution in [0.2, 0.25) is 0 Å². The molecule has 3 heteroatoms. The van der Waals surface area contributed by atoms with Gasteiger partial charge in [-0.25, -0.2) is 0 Å². The highest BCUT2D eigenvalue weighted by Gasteiger charge is 2.57. The number of carbonyl (C=O) groups is 1. The fraction of sp³-hybridized carbons (Fsp3) is 0.654. The monoisotopic (exact) mass is 398 g/mol. The molecule has 3 rings (SSSR count). The number of aliphatic hydroxyl groups excluding tert-OH is 1. The van der Waals surface area contributed by atoms with Crippen molar-refractivity contribution < 1.29 is 15.0 Å². The number of aliphatic hydroxyl groups is 1. The van der Waals surface area contributed by atoms with Gasteiger partial charge in [0.05, 0.1) is 6.10 Å². The van der Waals surface area contributed by atoms with E-state index in [1.165, 1.54) is 0 Å². The molecular formula is C26H38O3. The van der Waals surface area contributed by atoms with Crippen molar-refractivity contribution in [2.75, 3.05) is 0 Å². The minimum absolute atomic E-state index is 0.00655. The van der Waals surface area contributed by atoms with Crippen LogP contribution in [-0.2, 0) is 11.2 Å². The van der Waals surface area contributed by atoms with Gasteiger partial charge in [-0.1, -0.05) is 45.9 Å². The van der Waals surface area contributed by atoms with Gasteiger partial charge < -0.3 is 10.2 Å². The first-order valence-corrected chi connectivity index (χ1v) is 11.3. The van der Waals surface area contributed by atoms with Crippen LogP contribution in [0.1, 0.15) is 64.5 Å². The largest absolute Gasteiger partial charge is 0.508 e. The molecule has 0 aliphatic heterocycles. The molecule has 2 aliphatic carbocycles. The molecule has 6 atom stereocenters. The number of ketones is 1. The van der Waals surface area contributed by atoms with Gasteiger partial charge >= 0.3 is 0 Å². The van der Waals surface area contributed by atoms with Crippen LogP contribution >= 0.6 is 0 Å². The lowest BCUT2D eigenvalue weighted by atomic mass is 9.58. The lowest BCUT2D eigenvalue weighted by Crippen LogP contribution is -2.43. The highest BCUT2D eigenvalue weighted by atomic mass is 16.3. The molecule has 2 fully saturated rings. The second-order valence-electron chi connectivity index (χ2n) is 10.2. The molecule has 0 bridgehead atoms. The molecular weight excluding hydrogens is 360 g/mol. The average molecular weight is 399 g/mol. The van der Waals surface area contributed by atoms with E-state index in [0.29, 0.717) is 24.0 Å². The van der Waals surface area contributed by atoms with Crippen molar-refractivity contribution in [3.63, 3.8) is 0 Å². The smallest absolute Gasteiger partial charge is 0.136 e. The summed E-state index contributed by atoms with van der Waals surface area (Å²) in [7, 11) is 0. The first-order chi connectivity index (χ1) is 13.6. The molecule has 0 saturated heterocycles. The van der Waals surface area contributed by atoms with Gasteiger partial charge in [-0.2, -0.15) is 0 Å². The Hall–Kier alpha value is -1.61. The van der Waals surface area contributed by atoms with E-state index in [1.54, 1.807) is 6.07 Å². The van der Waals surface area contributed by atoms with Crippen molar-refractivity contribution in [3.05, 3.63) is 41.5 Å². The average Bonchev–Trinajstić information content (AvgIpc) is 2.92. The van der Waals surface area contributed by atoms with E-state index in [4.69, 9.17) is 0 Å². The molecule has 1 aromatic carbocycles. The van der Waals surface area contributed by atoms with Gasteiger partial charge in [-0.3, -0.25) is 4.79 Å². The third-order valence-electron chi connectivity index (χ3n) is 7.75. The van der Waals surface area contributed by atoms with Gasteiger partial charge in [0.15, 0.2) is 0 Å². The van der Waals surface area contributed by atoms with Crippen LogP contribution in [0.4, 0.5) is 0 Å². The van der Waals surface area contributed by atoms with Crippen LogP contribution in [0.15, 0.2) is 30.4 Å². The van der Waals surface area contributed by atoms with E-state index >= 15 is 0 Å². The topological polar surface area (TPSA) is 57.5 Å². The second-order valence-corrected chi connectivity index (χ2v) is 10.2. The number of fused-ring (bicyclic) bond motifs is 1. The fourth-order valence-electron chi connectivity index (χ4n) is 6.21. The summed E-state index contributed by atoms with van der Waals surface area (Å²) in [5.41, 5.74) is 2.28. The number of carbonyl (C=O) groups excluding carboxylic acids is 1. The number of phenols is 1. The van der Waals surface area contributed by atoms with Crippen molar-refractivity contribution in [1.29, 1.82) is 0 Å². The lowest BCUT2D eigenvalue weighted by Gasteiger charge is -2.45. The van der Waals surface area contributed by atoms with Crippen molar-refractivity contribution in [2.45, 2.75) is 72.8 Å². The summed E-state index contributed by atoms with van der Waals surface area (Å²) in [6.07, 6.45) is 8.02. The number of rotatable bonds is 6. The van der Waals surface area contributed by atoms with Crippen LogP contribution in [0, 0.1) is 41.9 Å². The molecule has 0 unspecified atom stereocenters. The van der Waals surface area contributed by atoms with Gasteiger partial charge in [0.1, 0.15) is 11.5 Å². The third-order valence-corrected chi connectivity index (χ3v) is 7.75. The summed E-state index contributed by atoms with van der Waals surface area (Å²) in [4.78, 5) is 12.9.